The highest BCUT2D eigenvalue weighted by Gasteiger charge is 2.19. The maximum Gasteiger partial charge on any atom is 0.130 e. The molecule has 0 radical (unpaired) electrons. The van der Waals surface area contributed by atoms with Gasteiger partial charge in [0, 0.05) is 27.2 Å². The number of pyridine rings is 1. The van der Waals surface area contributed by atoms with Crippen LogP contribution in [-0.4, -0.2) is 16.7 Å². The third kappa shape index (κ3) is 3.98. The van der Waals surface area contributed by atoms with E-state index in [1.807, 2.05) is 30.5 Å². The molecule has 2 aromatic heterocycles. The van der Waals surface area contributed by atoms with Gasteiger partial charge in [-0.1, -0.05) is 30.9 Å². The first-order valence-electron chi connectivity index (χ1n) is 9.57. The molecule has 1 N–H and O–H groups in total. The first-order valence-corrected chi connectivity index (χ1v) is 10.8. The number of halogens is 1. The van der Waals surface area contributed by atoms with Crippen molar-refractivity contribution in [3.63, 3.8) is 0 Å². The number of nitrogens with zero attached hydrogens (tertiary/aromatic N) is 1. The van der Waals surface area contributed by atoms with E-state index in [2.05, 4.69) is 11.9 Å². The molecular weight excluding hydrogens is 378 g/mol. The van der Waals surface area contributed by atoms with Crippen molar-refractivity contribution < 1.29 is 9.84 Å². The molecule has 1 saturated carbocycles. The van der Waals surface area contributed by atoms with Gasteiger partial charge in [-0.25, -0.2) is 0 Å². The second kappa shape index (κ2) is 8.17. The predicted octanol–water partition coefficient (Wildman–Crippen LogP) is 6.38. The van der Waals surface area contributed by atoms with Gasteiger partial charge in [0.2, 0.25) is 0 Å². The van der Waals surface area contributed by atoms with Gasteiger partial charge >= 0.3 is 0 Å². The summed E-state index contributed by atoms with van der Waals surface area (Å²) in [6.45, 7) is 2.84. The minimum absolute atomic E-state index is 0.0279. The molecule has 3 aromatic rings. The molecule has 4 rings (SSSR count). The number of aryl methyl sites for hydroxylation is 1. The van der Waals surface area contributed by atoms with Crippen molar-refractivity contribution in [2.45, 2.75) is 45.6 Å². The minimum atomic E-state index is 0.0279. The molecular formula is C22H24ClNO2S. The Balaban J connectivity index is 1.74. The molecule has 27 heavy (non-hydrogen) atoms. The van der Waals surface area contributed by atoms with E-state index in [0.29, 0.717) is 10.9 Å². The highest BCUT2D eigenvalue weighted by Crippen LogP contribution is 2.41. The average Bonchev–Trinajstić information content (AvgIpc) is 3.11. The van der Waals surface area contributed by atoms with Crippen LogP contribution in [0.1, 0.15) is 42.5 Å². The highest BCUT2D eigenvalue weighted by atomic mass is 35.5. The number of rotatable bonds is 5. The number of benzene rings is 1. The summed E-state index contributed by atoms with van der Waals surface area (Å²) >= 11 is 7.97. The zero-order valence-corrected chi connectivity index (χ0v) is 17.1. The lowest BCUT2D eigenvalue weighted by Crippen LogP contribution is -2.16. The molecule has 2 heterocycles. The Bertz CT molecular complexity index is 947. The van der Waals surface area contributed by atoms with Crippen LogP contribution >= 0.6 is 22.9 Å². The third-order valence-corrected chi connectivity index (χ3v) is 6.70. The molecule has 0 unspecified atom stereocenters. The molecule has 0 spiro atoms. The normalized spacial score (nSPS) is 15.4. The summed E-state index contributed by atoms with van der Waals surface area (Å²) in [5.41, 5.74) is 4.03. The quantitative estimate of drug-likeness (QED) is 0.539. The maximum atomic E-state index is 9.51. The fourth-order valence-electron chi connectivity index (χ4n) is 3.95. The number of aromatic nitrogens is 1. The van der Waals surface area contributed by atoms with Gasteiger partial charge in [0.05, 0.1) is 23.4 Å². The van der Waals surface area contributed by atoms with Crippen molar-refractivity contribution >= 4 is 33.2 Å². The van der Waals surface area contributed by atoms with Crippen LogP contribution in [0, 0.1) is 12.8 Å². The van der Waals surface area contributed by atoms with Gasteiger partial charge in [0.15, 0.2) is 0 Å². The fourth-order valence-corrected chi connectivity index (χ4v) is 5.23. The molecule has 5 heteroatoms. The zero-order valence-electron chi connectivity index (χ0n) is 15.5. The van der Waals surface area contributed by atoms with Crippen molar-refractivity contribution in [3.8, 4) is 16.9 Å². The summed E-state index contributed by atoms with van der Waals surface area (Å²) in [6, 6.07) is 7.91. The molecule has 0 amide bonds. The van der Waals surface area contributed by atoms with Crippen LogP contribution in [-0.2, 0) is 6.61 Å². The van der Waals surface area contributed by atoms with E-state index < -0.39 is 0 Å². The lowest BCUT2D eigenvalue weighted by atomic mass is 9.90. The lowest BCUT2D eigenvalue weighted by Gasteiger charge is -2.23. The molecule has 1 aromatic carbocycles. The number of aliphatic hydroxyl groups excluding tert-OH is 1. The lowest BCUT2D eigenvalue weighted by molar-refractivity contribution is 0.208. The third-order valence-electron chi connectivity index (χ3n) is 5.34. The number of aliphatic hydroxyl groups is 1. The van der Waals surface area contributed by atoms with E-state index in [4.69, 9.17) is 16.3 Å². The largest absolute Gasteiger partial charge is 0.492 e. The Labute approximate surface area is 169 Å². The summed E-state index contributed by atoms with van der Waals surface area (Å²) in [4.78, 5) is 5.37. The Hall–Kier alpha value is -1.62. The fraction of sp³-hybridized carbons (Fsp3) is 0.409. The van der Waals surface area contributed by atoms with Crippen molar-refractivity contribution in [2.75, 3.05) is 6.61 Å². The van der Waals surface area contributed by atoms with E-state index in [9.17, 15) is 5.11 Å². The van der Waals surface area contributed by atoms with Gasteiger partial charge in [0.25, 0.3) is 0 Å². The molecule has 1 aliphatic carbocycles. The average molecular weight is 402 g/mol. The molecule has 1 aliphatic rings. The first kappa shape index (κ1) is 18.7. The van der Waals surface area contributed by atoms with Crippen molar-refractivity contribution in [1.82, 2.24) is 4.98 Å². The Morgan fingerprint density at radius 3 is 2.78 bits per heavy atom. The van der Waals surface area contributed by atoms with E-state index >= 15 is 0 Å². The van der Waals surface area contributed by atoms with Gasteiger partial charge < -0.3 is 9.84 Å². The maximum absolute atomic E-state index is 9.51. The second-order valence-corrected chi connectivity index (χ2v) is 8.93. The Morgan fingerprint density at radius 1 is 1.19 bits per heavy atom. The smallest absolute Gasteiger partial charge is 0.130 e. The Morgan fingerprint density at radius 2 is 2.00 bits per heavy atom. The standard InChI is InChI=1S/C22H24ClNO2S/c1-14-9-16(23)10-19(21(14)26-13-15-5-3-2-4-6-15)18-7-8-24-20-11-17(12-25)27-22(18)20/h7-11,15,25H,2-6,12-13H2,1H3. The van der Waals surface area contributed by atoms with E-state index in [0.717, 1.165) is 44.1 Å². The molecule has 0 aliphatic heterocycles. The predicted molar refractivity (Wildman–Crippen MR) is 113 cm³/mol. The number of hydrogen-bond donors (Lipinski definition) is 1. The number of thiophene rings is 1. The second-order valence-electron chi connectivity index (χ2n) is 7.36. The SMILES string of the molecule is Cc1cc(Cl)cc(-c2ccnc3cc(CO)sc23)c1OCC1CCCCC1. The highest BCUT2D eigenvalue weighted by molar-refractivity contribution is 7.19. The van der Waals surface area contributed by atoms with Crippen LogP contribution in [0.2, 0.25) is 5.02 Å². The number of hydrogen-bond acceptors (Lipinski definition) is 4. The molecule has 3 nitrogen and oxygen atoms in total. The Kier molecular flexibility index (Phi) is 5.67. The van der Waals surface area contributed by atoms with E-state index in [-0.39, 0.29) is 6.61 Å². The molecule has 0 saturated heterocycles. The van der Waals surface area contributed by atoms with Crippen molar-refractivity contribution in [1.29, 1.82) is 0 Å². The van der Waals surface area contributed by atoms with Crippen molar-refractivity contribution in [2.24, 2.45) is 5.92 Å². The molecule has 1 fully saturated rings. The van der Waals surface area contributed by atoms with Crippen LogP contribution in [0.4, 0.5) is 0 Å². The van der Waals surface area contributed by atoms with Gasteiger partial charge in [-0.15, -0.1) is 11.3 Å². The van der Waals surface area contributed by atoms with Crippen LogP contribution in [0.15, 0.2) is 30.5 Å². The van der Waals surface area contributed by atoms with Crippen LogP contribution < -0.4 is 4.74 Å². The number of ether oxygens (including phenoxy) is 1. The van der Waals surface area contributed by atoms with Gasteiger partial charge in [-0.2, -0.15) is 0 Å². The summed E-state index contributed by atoms with van der Waals surface area (Å²) in [7, 11) is 0. The van der Waals surface area contributed by atoms with Crippen LogP contribution in [0.3, 0.4) is 0 Å². The van der Waals surface area contributed by atoms with Gasteiger partial charge in [-0.05, 0) is 55.5 Å². The summed E-state index contributed by atoms with van der Waals surface area (Å²) in [6.07, 6.45) is 8.29. The van der Waals surface area contributed by atoms with Crippen LogP contribution in [0.25, 0.3) is 21.3 Å². The molecule has 142 valence electrons. The summed E-state index contributed by atoms with van der Waals surface area (Å²) < 4.78 is 7.44. The summed E-state index contributed by atoms with van der Waals surface area (Å²) in [5.74, 6) is 1.55. The van der Waals surface area contributed by atoms with Gasteiger partial charge in [-0.3, -0.25) is 4.98 Å². The van der Waals surface area contributed by atoms with E-state index in [1.54, 1.807) is 11.3 Å². The van der Waals surface area contributed by atoms with Crippen LogP contribution in [0.5, 0.6) is 5.75 Å². The minimum Gasteiger partial charge on any atom is -0.492 e. The zero-order chi connectivity index (χ0) is 18.8. The number of fused-ring (bicyclic) bond motifs is 1. The summed E-state index contributed by atoms with van der Waals surface area (Å²) in [5, 5.41) is 10.2. The van der Waals surface area contributed by atoms with Gasteiger partial charge in [0.1, 0.15) is 5.75 Å². The van der Waals surface area contributed by atoms with E-state index in [1.165, 1.54) is 32.1 Å². The molecule has 0 bridgehead atoms. The molecule has 0 atom stereocenters. The topological polar surface area (TPSA) is 42.4 Å². The van der Waals surface area contributed by atoms with Crippen molar-refractivity contribution in [3.05, 3.63) is 45.9 Å². The first-order chi connectivity index (χ1) is 13.2. The monoisotopic (exact) mass is 401 g/mol.